The lowest BCUT2D eigenvalue weighted by atomic mass is 10.0. The summed E-state index contributed by atoms with van der Waals surface area (Å²) in [6.07, 6.45) is 0.833. The van der Waals surface area contributed by atoms with Crippen LogP contribution in [0.5, 0.6) is 0 Å². The van der Waals surface area contributed by atoms with Crippen molar-refractivity contribution in [2.75, 3.05) is 13.1 Å². The van der Waals surface area contributed by atoms with E-state index in [0.29, 0.717) is 25.9 Å². The second-order valence-corrected chi connectivity index (χ2v) is 5.77. The van der Waals surface area contributed by atoms with E-state index in [9.17, 15) is 14.4 Å². The number of rotatable bonds is 2. The first-order valence-electron chi connectivity index (χ1n) is 6.48. The van der Waals surface area contributed by atoms with Crippen LogP contribution >= 0.6 is 0 Å². The van der Waals surface area contributed by atoms with E-state index in [0.717, 1.165) is 0 Å². The maximum Gasteiger partial charge on any atom is 0.407 e. The Kier molecular flexibility index (Phi) is 4.91. The number of amides is 2. The van der Waals surface area contributed by atoms with Crippen LogP contribution < -0.4 is 5.32 Å². The van der Waals surface area contributed by atoms with Gasteiger partial charge in [-0.2, -0.15) is 0 Å². The van der Waals surface area contributed by atoms with Crippen molar-refractivity contribution in [1.82, 2.24) is 10.2 Å². The molecule has 1 aliphatic rings. The van der Waals surface area contributed by atoms with Gasteiger partial charge in [-0.25, -0.2) is 4.79 Å². The van der Waals surface area contributed by atoms with Gasteiger partial charge in [0.15, 0.2) is 0 Å². The van der Waals surface area contributed by atoms with Crippen molar-refractivity contribution in [2.24, 2.45) is 0 Å². The molecule has 1 heterocycles. The Morgan fingerprint density at radius 1 is 1.16 bits per heavy atom. The minimum Gasteiger partial charge on any atom is -0.444 e. The number of likely N-dealkylation sites (tertiary alicyclic amines) is 1. The Hall–Kier alpha value is -1.59. The number of alkyl carbamates (subject to hydrolysis) is 1. The maximum atomic E-state index is 11.6. The quantitative estimate of drug-likeness (QED) is 0.762. The van der Waals surface area contributed by atoms with Gasteiger partial charge in [-0.05, 0) is 33.6 Å². The van der Waals surface area contributed by atoms with Gasteiger partial charge < -0.3 is 15.0 Å². The molecule has 6 nitrogen and oxygen atoms in total. The van der Waals surface area contributed by atoms with E-state index in [1.165, 1.54) is 11.8 Å². The first-order chi connectivity index (χ1) is 8.69. The predicted octanol–water partition coefficient (Wildman–Crippen LogP) is 1.09. The first-order valence-corrected chi connectivity index (χ1v) is 6.48. The zero-order valence-corrected chi connectivity index (χ0v) is 12.0. The molecule has 0 atom stereocenters. The highest BCUT2D eigenvalue weighted by atomic mass is 16.6. The Labute approximate surface area is 113 Å². The third kappa shape index (κ3) is 5.28. The molecule has 19 heavy (non-hydrogen) atoms. The molecule has 0 aromatic rings. The van der Waals surface area contributed by atoms with E-state index in [4.69, 9.17) is 4.74 Å². The van der Waals surface area contributed by atoms with Crippen molar-refractivity contribution in [3.8, 4) is 0 Å². The summed E-state index contributed by atoms with van der Waals surface area (Å²) in [7, 11) is 0. The first kappa shape index (κ1) is 15.5. The fraction of sp³-hybridized carbons (Fsp3) is 0.769. The van der Waals surface area contributed by atoms with Crippen molar-refractivity contribution in [3.63, 3.8) is 0 Å². The Bertz CT molecular complexity index is 365. The standard InChI is InChI=1S/C13H22N2O4/c1-9(16)11(17)15-7-5-10(6-8-15)14-12(18)19-13(2,3)4/h10H,5-8H2,1-4H3,(H,14,18). The minimum atomic E-state index is -0.518. The zero-order chi connectivity index (χ0) is 14.6. The van der Waals surface area contributed by atoms with Crippen molar-refractivity contribution in [2.45, 2.75) is 52.2 Å². The second-order valence-electron chi connectivity index (χ2n) is 5.77. The molecule has 0 spiro atoms. The highest BCUT2D eigenvalue weighted by Gasteiger charge is 2.26. The van der Waals surface area contributed by atoms with E-state index in [2.05, 4.69) is 5.32 Å². The van der Waals surface area contributed by atoms with E-state index < -0.39 is 23.4 Å². The molecule has 6 heteroatoms. The Morgan fingerprint density at radius 3 is 2.11 bits per heavy atom. The normalized spacial score (nSPS) is 16.9. The summed E-state index contributed by atoms with van der Waals surface area (Å²) in [5.74, 6) is -0.894. The van der Waals surface area contributed by atoms with Gasteiger partial charge in [0.2, 0.25) is 5.78 Å². The van der Waals surface area contributed by atoms with Crippen molar-refractivity contribution in [1.29, 1.82) is 0 Å². The molecule has 0 aliphatic carbocycles. The number of nitrogens with one attached hydrogen (secondary N) is 1. The van der Waals surface area contributed by atoms with Gasteiger partial charge in [-0.15, -0.1) is 0 Å². The van der Waals surface area contributed by atoms with Crippen LogP contribution in [0.2, 0.25) is 0 Å². The molecule has 1 fully saturated rings. The van der Waals surface area contributed by atoms with Crippen molar-refractivity contribution in [3.05, 3.63) is 0 Å². The van der Waals surface area contributed by atoms with Crippen LogP contribution in [0.3, 0.4) is 0 Å². The summed E-state index contributed by atoms with van der Waals surface area (Å²) in [6, 6.07) is -0.00846. The topological polar surface area (TPSA) is 75.7 Å². The number of carbonyl (C=O) groups excluding carboxylic acids is 3. The third-order valence-electron chi connectivity index (χ3n) is 2.80. The molecule has 0 aromatic carbocycles. The SMILES string of the molecule is CC(=O)C(=O)N1CCC(NC(=O)OC(C)(C)C)CC1. The highest BCUT2D eigenvalue weighted by molar-refractivity contribution is 6.35. The van der Waals surface area contributed by atoms with Crippen LogP contribution in [0.4, 0.5) is 4.79 Å². The third-order valence-corrected chi connectivity index (χ3v) is 2.80. The van der Waals surface area contributed by atoms with E-state index in [1.54, 1.807) is 20.8 Å². The molecule has 1 aliphatic heterocycles. The van der Waals surface area contributed by atoms with Gasteiger partial charge in [0.25, 0.3) is 5.91 Å². The maximum absolute atomic E-state index is 11.6. The van der Waals surface area contributed by atoms with E-state index >= 15 is 0 Å². The van der Waals surface area contributed by atoms with Gasteiger partial charge >= 0.3 is 6.09 Å². The predicted molar refractivity (Wildman–Crippen MR) is 69.7 cm³/mol. The van der Waals surface area contributed by atoms with Gasteiger partial charge in [0.1, 0.15) is 5.60 Å². The monoisotopic (exact) mass is 270 g/mol. The van der Waals surface area contributed by atoms with Crippen LogP contribution in [-0.4, -0.2) is 47.4 Å². The molecule has 0 aromatic heterocycles. The van der Waals surface area contributed by atoms with Gasteiger partial charge in [0.05, 0.1) is 0 Å². The van der Waals surface area contributed by atoms with Gasteiger partial charge in [-0.3, -0.25) is 9.59 Å². The summed E-state index contributed by atoms with van der Waals surface area (Å²) in [6.45, 7) is 7.66. The average molecular weight is 270 g/mol. The average Bonchev–Trinajstić information content (AvgIpc) is 2.26. The molecule has 0 saturated carbocycles. The summed E-state index contributed by atoms with van der Waals surface area (Å²) >= 11 is 0. The Balaban J connectivity index is 2.36. The number of ketones is 1. The van der Waals surface area contributed by atoms with Crippen LogP contribution in [0.15, 0.2) is 0 Å². The molecule has 0 unspecified atom stereocenters. The summed E-state index contributed by atoms with van der Waals surface area (Å²) in [4.78, 5) is 35.6. The van der Waals surface area contributed by atoms with Crippen molar-refractivity contribution >= 4 is 17.8 Å². The highest BCUT2D eigenvalue weighted by Crippen LogP contribution is 2.12. The molecule has 1 N–H and O–H groups in total. The van der Waals surface area contributed by atoms with Crippen LogP contribution in [0.25, 0.3) is 0 Å². The zero-order valence-electron chi connectivity index (χ0n) is 12.0. The van der Waals surface area contributed by atoms with E-state index in [1.807, 2.05) is 0 Å². The number of hydrogen-bond donors (Lipinski definition) is 1. The van der Waals surface area contributed by atoms with Gasteiger partial charge in [0, 0.05) is 26.1 Å². The molecule has 1 saturated heterocycles. The lowest BCUT2D eigenvalue weighted by Gasteiger charge is -2.32. The Morgan fingerprint density at radius 2 is 1.68 bits per heavy atom. The minimum absolute atomic E-state index is 0.00846. The van der Waals surface area contributed by atoms with Gasteiger partial charge in [-0.1, -0.05) is 0 Å². The lowest BCUT2D eigenvalue weighted by Crippen LogP contribution is -2.48. The van der Waals surface area contributed by atoms with E-state index in [-0.39, 0.29) is 6.04 Å². The molecule has 2 amide bonds. The summed E-state index contributed by atoms with van der Waals surface area (Å²) < 4.78 is 5.17. The molecular formula is C13H22N2O4. The second kappa shape index (κ2) is 6.04. The van der Waals surface area contributed by atoms with Crippen LogP contribution in [-0.2, 0) is 14.3 Å². The molecule has 108 valence electrons. The van der Waals surface area contributed by atoms with Crippen LogP contribution in [0, 0.1) is 0 Å². The fourth-order valence-electron chi connectivity index (χ4n) is 1.92. The number of Topliss-reactive ketones (excluding diaryl/α,β-unsaturated/α-hetero) is 1. The number of ether oxygens (including phenoxy) is 1. The number of hydrogen-bond acceptors (Lipinski definition) is 4. The largest absolute Gasteiger partial charge is 0.444 e. The fourth-order valence-corrected chi connectivity index (χ4v) is 1.92. The van der Waals surface area contributed by atoms with Crippen LogP contribution in [0.1, 0.15) is 40.5 Å². The summed E-state index contributed by atoms with van der Waals surface area (Å²) in [5, 5.41) is 2.78. The molecule has 1 rings (SSSR count). The number of nitrogens with zero attached hydrogens (tertiary/aromatic N) is 1. The number of piperidine rings is 1. The molecule has 0 bridgehead atoms. The van der Waals surface area contributed by atoms with Crippen molar-refractivity contribution < 1.29 is 19.1 Å². The smallest absolute Gasteiger partial charge is 0.407 e. The molecule has 0 radical (unpaired) electrons. The summed E-state index contributed by atoms with van der Waals surface area (Å²) in [5.41, 5.74) is -0.518. The molecular weight excluding hydrogens is 248 g/mol. The lowest BCUT2D eigenvalue weighted by molar-refractivity contribution is -0.144. The number of carbonyl (C=O) groups is 3.